The Bertz CT molecular complexity index is 320. The molecule has 0 aromatic heterocycles. The Balaban J connectivity index is 2.93. The number of carbonyl (C=O) groups is 1. The predicted octanol–water partition coefficient (Wildman–Crippen LogP) is -2.35. The summed E-state index contributed by atoms with van der Waals surface area (Å²) in [5.41, 5.74) is 0. The third kappa shape index (κ3) is 3.62. The van der Waals surface area contributed by atoms with E-state index in [1.165, 1.54) is 6.92 Å². The second-order valence-corrected chi connectivity index (χ2v) is 4.91. The van der Waals surface area contributed by atoms with Crippen LogP contribution in [0.15, 0.2) is 0 Å². The zero-order valence-electron chi connectivity index (χ0n) is 10.5. The van der Waals surface area contributed by atoms with Gasteiger partial charge in [0.05, 0.1) is 31.0 Å². The van der Waals surface area contributed by atoms with Gasteiger partial charge in [-0.2, -0.15) is 0 Å². The molecule has 0 aromatic rings. The Hall–Kier alpha value is -0.770. The number of aliphatic hydroxyl groups is 5. The second kappa shape index (κ2) is 6.12. The van der Waals surface area contributed by atoms with E-state index in [1.54, 1.807) is 0 Å². The van der Waals surface area contributed by atoms with E-state index in [1.807, 2.05) is 0 Å². The van der Waals surface area contributed by atoms with Gasteiger partial charge in [0.15, 0.2) is 0 Å². The molecule has 1 fully saturated rings. The maximum absolute atomic E-state index is 10.9. The monoisotopic (exact) mass is 280 g/mol. The average molecular weight is 280 g/mol. The first-order chi connectivity index (χ1) is 8.71. The van der Waals surface area contributed by atoms with Crippen molar-refractivity contribution in [2.24, 2.45) is 5.92 Å². The van der Waals surface area contributed by atoms with Crippen LogP contribution in [0, 0.1) is 5.92 Å². The molecule has 6 N–H and O–H groups in total. The highest BCUT2D eigenvalue weighted by molar-refractivity contribution is 5.75. The molecule has 0 aliphatic carbocycles. The molecule has 0 radical (unpaired) electrons. The lowest BCUT2D eigenvalue weighted by atomic mass is 9.81. The summed E-state index contributed by atoms with van der Waals surface area (Å²) in [6, 6.07) is 0. The molecule has 6 atom stereocenters. The van der Waals surface area contributed by atoms with Gasteiger partial charge in [-0.15, -0.1) is 0 Å². The molecule has 0 saturated carbocycles. The number of aliphatic hydroxyl groups excluding tert-OH is 4. The fourth-order valence-corrected chi connectivity index (χ4v) is 2.36. The van der Waals surface area contributed by atoms with E-state index in [0.29, 0.717) is 0 Å². The molecule has 112 valence electrons. The van der Waals surface area contributed by atoms with Crippen LogP contribution in [0.25, 0.3) is 0 Å². The summed E-state index contributed by atoms with van der Waals surface area (Å²) < 4.78 is 5.02. The van der Waals surface area contributed by atoms with Crippen molar-refractivity contribution in [2.75, 3.05) is 6.61 Å². The number of carboxylic acid groups (broad SMARTS) is 1. The molecule has 0 bridgehead atoms. The van der Waals surface area contributed by atoms with E-state index in [0.717, 1.165) is 0 Å². The lowest BCUT2D eigenvalue weighted by Crippen LogP contribution is -2.58. The Labute approximate surface area is 109 Å². The summed E-state index contributed by atoms with van der Waals surface area (Å²) in [4.78, 5) is 10.9. The van der Waals surface area contributed by atoms with Gasteiger partial charge in [-0.05, 0) is 6.92 Å². The highest BCUT2D eigenvalue weighted by atomic mass is 16.7. The fourth-order valence-electron chi connectivity index (χ4n) is 2.36. The van der Waals surface area contributed by atoms with Crippen molar-refractivity contribution >= 4 is 5.97 Å². The lowest BCUT2D eigenvalue weighted by Gasteiger charge is -2.44. The average Bonchev–Trinajstić information content (AvgIpc) is 2.26. The molecule has 1 aliphatic rings. The molecule has 1 aliphatic heterocycles. The molecule has 0 spiro atoms. The second-order valence-electron chi connectivity index (χ2n) is 4.91. The summed E-state index contributed by atoms with van der Waals surface area (Å²) in [5, 5.41) is 56.3. The molecule has 8 nitrogen and oxygen atoms in total. The molecular weight excluding hydrogens is 260 g/mol. The van der Waals surface area contributed by atoms with E-state index in [9.17, 15) is 25.2 Å². The maximum Gasteiger partial charge on any atom is 0.364 e. The van der Waals surface area contributed by atoms with Crippen LogP contribution in [0.1, 0.15) is 19.8 Å². The van der Waals surface area contributed by atoms with Crippen LogP contribution in [-0.2, 0) is 9.53 Å². The van der Waals surface area contributed by atoms with Gasteiger partial charge < -0.3 is 35.4 Å². The summed E-state index contributed by atoms with van der Waals surface area (Å²) in [6.45, 7) is 0.814. The molecule has 19 heavy (non-hydrogen) atoms. The minimum Gasteiger partial charge on any atom is -0.477 e. The Morgan fingerprint density at radius 1 is 1.47 bits per heavy atom. The summed E-state index contributed by atoms with van der Waals surface area (Å²) >= 11 is 0. The van der Waals surface area contributed by atoms with Gasteiger partial charge >= 0.3 is 5.97 Å². The van der Waals surface area contributed by atoms with Crippen molar-refractivity contribution in [3.8, 4) is 0 Å². The highest BCUT2D eigenvalue weighted by Crippen LogP contribution is 2.35. The van der Waals surface area contributed by atoms with Gasteiger partial charge in [-0.25, -0.2) is 4.79 Å². The molecule has 1 rings (SSSR count). The minimum absolute atomic E-state index is 0.210. The van der Waals surface area contributed by atoms with Crippen LogP contribution >= 0.6 is 0 Å². The van der Waals surface area contributed by atoms with Crippen LogP contribution in [0.3, 0.4) is 0 Å². The van der Waals surface area contributed by atoms with E-state index in [2.05, 4.69) is 0 Å². The fraction of sp³-hybridized carbons (Fsp3) is 0.909. The number of aliphatic carboxylic acids is 1. The third-order valence-corrected chi connectivity index (χ3v) is 3.31. The summed E-state index contributed by atoms with van der Waals surface area (Å²) in [7, 11) is 0. The predicted molar refractivity (Wildman–Crippen MR) is 61.0 cm³/mol. The topological polar surface area (TPSA) is 148 Å². The van der Waals surface area contributed by atoms with Crippen LogP contribution in [0.2, 0.25) is 0 Å². The highest BCUT2D eigenvalue weighted by Gasteiger charge is 2.52. The van der Waals surface area contributed by atoms with Crippen LogP contribution in [0.5, 0.6) is 0 Å². The number of rotatable bonds is 5. The molecular formula is C11H20O8. The van der Waals surface area contributed by atoms with Crippen molar-refractivity contribution in [3.63, 3.8) is 0 Å². The van der Waals surface area contributed by atoms with Crippen molar-refractivity contribution in [3.05, 3.63) is 0 Å². The normalized spacial score (nSPS) is 38.7. The third-order valence-electron chi connectivity index (χ3n) is 3.31. The van der Waals surface area contributed by atoms with E-state index in [-0.39, 0.29) is 6.42 Å². The first-order valence-electron chi connectivity index (χ1n) is 6.00. The number of ether oxygens (including phenoxy) is 1. The number of hydrogen-bond acceptors (Lipinski definition) is 7. The standard InChI is InChI=1S/C11H20O8/c1-5(13)9-7(15)3-11(18,10(16)17)19-8(9)2-6(14)4-12/h5-9,12-15,18H,2-4H2,1H3,(H,16,17)/t5?,6-,7?,8?,9?,11?/m0/s1. The van der Waals surface area contributed by atoms with Crippen LogP contribution in [-0.4, -0.2) is 73.4 Å². The Morgan fingerprint density at radius 2 is 2.05 bits per heavy atom. The maximum atomic E-state index is 10.9. The quantitative estimate of drug-likeness (QED) is 0.328. The molecule has 1 heterocycles. The van der Waals surface area contributed by atoms with Crippen molar-refractivity contribution in [2.45, 2.75) is 50.0 Å². The zero-order chi connectivity index (χ0) is 14.8. The van der Waals surface area contributed by atoms with Gasteiger partial charge in [0, 0.05) is 18.8 Å². The summed E-state index contributed by atoms with van der Waals surface area (Å²) in [5.74, 6) is -5.08. The van der Waals surface area contributed by atoms with Crippen molar-refractivity contribution in [1.82, 2.24) is 0 Å². The van der Waals surface area contributed by atoms with Gasteiger partial charge in [-0.1, -0.05) is 0 Å². The largest absolute Gasteiger partial charge is 0.477 e. The number of carboxylic acids is 1. The van der Waals surface area contributed by atoms with Crippen LogP contribution < -0.4 is 0 Å². The lowest BCUT2D eigenvalue weighted by molar-refractivity contribution is -0.295. The van der Waals surface area contributed by atoms with Crippen LogP contribution in [0.4, 0.5) is 0 Å². The van der Waals surface area contributed by atoms with Crippen molar-refractivity contribution in [1.29, 1.82) is 0 Å². The zero-order valence-corrected chi connectivity index (χ0v) is 10.5. The SMILES string of the molecule is CC(O)C1C(O)CC(O)(C(=O)O)OC1C[C@H](O)CO. The molecule has 0 aromatic carbocycles. The van der Waals surface area contributed by atoms with E-state index >= 15 is 0 Å². The van der Waals surface area contributed by atoms with E-state index < -0.39 is 55.1 Å². The first kappa shape index (κ1) is 16.3. The molecule has 5 unspecified atom stereocenters. The molecule has 1 saturated heterocycles. The van der Waals surface area contributed by atoms with E-state index in [4.69, 9.17) is 14.9 Å². The molecule has 0 amide bonds. The smallest absolute Gasteiger partial charge is 0.364 e. The number of hydrogen-bond donors (Lipinski definition) is 6. The summed E-state index contributed by atoms with van der Waals surface area (Å²) in [6.07, 6.45) is -5.40. The van der Waals surface area contributed by atoms with Crippen molar-refractivity contribution < 1.29 is 40.2 Å². The Kier molecular flexibility index (Phi) is 5.25. The van der Waals surface area contributed by atoms with Gasteiger partial charge in [0.2, 0.25) is 0 Å². The first-order valence-corrected chi connectivity index (χ1v) is 6.00. The molecule has 8 heteroatoms. The minimum atomic E-state index is -2.56. The van der Waals surface area contributed by atoms with Gasteiger partial charge in [-0.3, -0.25) is 0 Å². The van der Waals surface area contributed by atoms with Gasteiger partial charge in [0.25, 0.3) is 5.79 Å². The van der Waals surface area contributed by atoms with Gasteiger partial charge in [0.1, 0.15) is 0 Å². The Morgan fingerprint density at radius 3 is 2.47 bits per heavy atom.